The second-order valence-corrected chi connectivity index (χ2v) is 12.1. The number of primary amides is 1. The van der Waals surface area contributed by atoms with Crippen molar-refractivity contribution >= 4 is 40.6 Å². The van der Waals surface area contributed by atoms with Crippen LogP contribution in [0, 0.1) is 29.6 Å². The molecule has 11 heteroatoms. The molecule has 2 amide bonds. The number of hydrogen-bond donors (Lipinski definition) is 4. The average Bonchev–Trinajstić information content (AvgIpc) is 3.77. The number of hydrogen-bond acceptors (Lipinski definition) is 9. The number of phenolic OH excluding ortho intramolecular Hbond substituents is 1. The Hall–Kier alpha value is -4.22. The molecule has 6 unspecified atom stereocenters. The number of carbonyl (C=O) groups is 6. The highest BCUT2D eigenvalue weighted by atomic mass is 16.3. The van der Waals surface area contributed by atoms with E-state index < -0.39 is 64.4 Å². The lowest BCUT2D eigenvalue weighted by Crippen LogP contribution is -2.74. The van der Waals surface area contributed by atoms with E-state index in [0.717, 1.165) is 18.4 Å². The number of ketones is 4. The first-order valence-corrected chi connectivity index (χ1v) is 14.0. The summed E-state index contributed by atoms with van der Waals surface area (Å²) in [5.41, 5.74) is 5.05. The van der Waals surface area contributed by atoms with Crippen LogP contribution < -0.4 is 11.1 Å². The SMILES string of the molecule is CN(C)C1C(=O)C(C(N)=O)C(=O)C2(O)C(=O)C3C(=O)c4c(O)ccc(-c5ccc(NC(=O)C6CC6)cc5)c4CC3CC12. The predicted molar refractivity (Wildman–Crippen MR) is 148 cm³/mol. The maximum atomic E-state index is 13.9. The molecule has 3 saturated carbocycles. The van der Waals surface area contributed by atoms with E-state index in [0.29, 0.717) is 16.8 Å². The zero-order chi connectivity index (χ0) is 30.2. The fourth-order valence-electron chi connectivity index (χ4n) is 7.20. The number of Topliss-reactive ketones (excluding diaryl/α,β-unsaturated/α-hetero) is 4. The van der Waals surface area contributed by atoms with Crippen molar-refractivity contribution in [3.8, 4) is 16.9 Å². The number of carbonyl (C=O) groups excluding carboxylic acids is 6. The van der Waals surface area contributed by atoms with Gasteiger partial charge in [-0.05, 0) is 80.6 Å². The van der Waals surface area contributed by atoms with Crippen LogP contribution >= 0.6 is 0 Å². The summed E-state index contributed by atoms with van der Waals surface area (Å²) >= 11 is 0. The number of benzene rings is 2. The van der Waals surface area contributed by atoms with E-state index in [2.05, 4.69) is 5.32 Å². The van der Waals surface area contributed by atoms with Gasteiger partial charge in [0.1, 0.15) is 5.75 Å². The van der Waals surface area contributed by atoms with Crippen LogP contribution in [0.2, 0.25) is 0 Å². The summed E-state index contributed by atoms with van der Waals surface area (Å²) in [5.74, 6) is -10.8. The number of amides is 2. The van der Waals surface area contributed by atoms with Crippen LogP contribution in [-0.4, -0.2) is 75.8 Å². The molecule has 0 radical (unpaired) electrons. The second-order valence-electron chi connectivity index (χ2n) is 12.1. The van der Waals surface area contributed by atoms with Crippen molar-refractivity contribution in [1.29, 1.82) is 0 Å². The Morgan fingerprint density at radius 1 is 1.00 bits per heavy atom. The summed E-state index contributed by atoms with van der Waals surface area (Å²) in [6.07, 6.45) is 1.90. The number of fused-ring (bicyclic) bond motifs is 3. The molecular formula is C31H31N3O8. The highest BCUT2D eigenvalue weighted by Gasteiger charge is 2.69. The fourth-order valence-corrected chi connectivity index (χ4v) is 7.20. The van der Waals surface area contributed by atoms with E-state index in [1.807, 2.05) is 0 Å². The van der Waals surface area contributed by atoms with E-state index in [9.17, 15) is 39.0 Å². The standard InChI is InChI=1S/C31H31N3O8/c1-34(2)24-19-12-15-11-18-17(13-5-7-16(8-6-13)33-30(41)14-3-4-14)9-10-20(35)22(18)25(36)21(15)27(38)31(19,42)28(39)23(26(24)37)29(32)40/h5-10,14-15,19,21,23-24,35,42H,3-4,11-12H2,1-2H3,(H2,32,40)(H,33,41). The third-order valence-electron chi connectivity index (χ3n) is 9.36. The van der Waals surface area contributed by atoms with Crippen molar-refractivity contribution in [3.63, 3.8) is 0 Å². The predicted octanol–water partition coefficient (Wildman–Crippen LogP) is 0.883. The number of anilines is 1. The van der Waals surface area contributed by atoms with Gasteiger partial charge in [0.05, 0.1) is 17.5 Å². The molecule has 4 aliphatic carbocycles. The van der Waals surface area contributed by atoms with Gasteiger partial charge in [0.2, 0.25) is 11.8 Å². The largest absolute Gasteiger partial charge is 0.507 e. The van der Waals surface area contributed by atoms with Gasteiger partial charge in [-0.2, -0.15) is 0 Å². The molecule has 6 atom stereocenters. The normalized spacial score (nSPS) is 30.4. The van der Waals surface area contributed by atoms with Crippen molar-refractivity contribution < 1.29 is 39.0 Å². The van der Waals surface area contributed by atoms with E-state index in [4.69, 9.17) is 5.73 Å². The summed E-state index contributed by atoms with van der Waals surface area (Å²) < 4.78 is 0. The Kier molecular flexibility index (Phi) is 6.43. The minimum Gasteiger partial charge on any atom is -0.507 e. The van der Waals surface area contributed by atoms with Crippen molar-refractivity contribution in [2.75, 3.05) is 19.4 Å². The maximum Gasteiger partial charge on any atom is 0.235 e. The molecule has 0 saturated heterocycles. The van der Waals surface area contributed by atoms with E-state index in [1.165, 1.54) is 11.0 Å². The molecule has 11 nitrogen and oxygen atoms in total. The molecule has 4 aliphatic rings. The Labute approximate surface area is 241 Å². The molecule has 3 fully saturated rings. The van der Waals surface area contributed by atoms with Crippen LogP contribution in [-0.2, 0) is 30.4 Å². The molecule has 2 aromatic carbocycles. The van der Waals surface area contributed by atoms with Gasteiger partial charge < -0.3 is 21.3 Å². The first-order valence-electron chi connectivity index (χ1n) is 14.0. The van der Waals surface area contributed by atoms with Gasteiger partial charge in [0.15, 0.2) is 34.7 Å². The summed E-state index contributed by atoms with van der Waals surface area (Å²) in [7, 11) is 3.09. The highest BCUT2D eigenvalue weighted by molar-refractivity contribution is 6.32. The van der Waals surface area contributed by atoms with Crippen LogP contribution in [0.1, 0.15) is 35.2 Å². The smallest absolute Gasteiger partial charge is 0.235 e. The molecule has 0 spiro atoms. The zero-order valence-electron chi connectivity index (χ0n) is 23.1. The van der Waals surface area contributed by atoms with Gasteiger partial charge in [-0.3, -0.25) is 33.7 Å². The van der Waals surface area contributed by atoms with Gasteiger partial charge in [0, 0.05) is 17.5 Å². The Bertz CT molecular complexity index is 1580. The van der Waals surface area contributed by atoms with E-state index in [-0.39, 0.29) is 36.0 Å². The minimum absolute atomic E-state index is 0.0227. The first-order chi connectivity index (χ1) is 19.9. The fraction of sp³-hybridized carbons (Fsp3) is 0.419. The van der Waals surface area contributed by atoms with Crippen LogP contribution in [0.4, 0.5) is 5.69 Å². The lowest BCUT2D eigenvalue weighted by atomic mass is 9.52. The zero-order valence-corrected chi connectivity index (χ0v) is 23.1. The number of likely N-dealkylation sites (N-methyl/N-ethyl adjacent to an activating group) is 1. The quantitative estimate of drug-likeness (QED) is 0.377. The molecule has 0 aromatic heterocycles. The molecule has 2 aromatic rings. The van der Waals surface area contributed by atoms with Crippen LogP contribution in [0.25, 0.3) is 11.1 Å². The third kappa shape index (κ3) is 4.02. The number of phenols is 1. The summed E-state index contributed by atoms with van der Waals surface area (Å²) in [6.45, 7) is 0. The molecule has 5 N–H and O–H groups in total. The third-order valence-corrected chi connectivity index (χ3v) is 9.36. The van der Waals surface area contributed by atoms with Crippen molar-refractivity contribution in [2.45, 2.75) is 37.3 Å². The monoisotopic (exact) mass is 573 g/mol. The first kappa shape index (κ1) is 27.9. The van der Waals surface area contributed by atoms with E-state index >= 15 is 0 Å². The van der Waals surface area contributed by atoms with Crippen molar-refractivity contribution in [2.24, 2.45) is 35.3 Å². The number of aromatic hydroxyl groups is 1. The molecule has 0 aliphatic heterocycles. The highest BCUT2D eigenvalue weighted by Crippen LogP contribution is 2.51. The average molecular weight is 574 g/mol. The number of rotatable bonds is 5. The molecular weight excluding hydrogens is 542 g/mol. The van der Waals surface area contributed by atoms with Gasteiger partial charge in [0.25, 0.3) is 0 Å². The summed E-state index contributed by atoms with van der Waals surface area (Å²) in [5, 5.41) is 25.3. The van der Waals surface area contributed by atoms with Crippen LogP contribution in [0.15, 0.2) is 36.4 Å². The molecule has 6 rings (SSSR count). The minimum atomic E-state index is -2.76. The lowest BCUT2D eigenvalue weighted by molar-refractivity contribution is -0.181. The lowest BCUT2D eigenvalue weighted by Gasteiger charge is -2.52. The Morgan fingerprint density at radius 3 is 2.26 bits per heavy atom. The molecule has 0 bridgehead atoms. The van der Waals surface area contributed by atoms with Gasteiger partial charge in [-0.25, -0.2) is 0 Å². The Balaban J connectivity index is 1.39. The summed E-state index contributed by atoms with van der Waals surface area (Å²) in [4.78, 5) is 80.2. The van der Waals surface area contributed by atoms with Crippen LogP contribution in [0.5, 0.6) is 5.75 Å². The number of nitrogens with two attached hydrogens (primary N) is 1. The topological polar surface area (TPSA) is 184 Å². The Morgan fingerprint density at radius 2 is 1.67 bits per heavy atom. The van der Waals surface area contributed by atoms with Crippen molar-refractivity contribution in [3.05, 3.63) is 47.5 Å². The van der Waals surface area contributed by atoms with Crippen molar-refractivity contribution in [1.82, 2.24) is 4.90 Å². The second kappa shape index (κ2) is 9.67. The maximum absolute atomic E-state index is 13.9. The molecule has 218 valence electrons. The number of nitrogens with zero attached hydrogens (tertiary/aromatic N) is 1. The van der Waals surface area contributed by atoms with Crippen LogP contribution in [0.3, 0.4) is 0 Å². The molecule has 0 heterocycles. The number of nitrogens with one attached hydrogen (secondary N) is 1. The number of aliphatic hydroxyl groups is 1. The molecule has 42 heavy (non-hydrogen) atoms. The van der Waals surface area contributed by atoms with Gasteiger partial charge in [-0.15, -0.1) is 0 Å². The van der Waals surface area contributed by atoms with E-state index in [1.54, 1.807) is 44.4 Å². The van der Waals surface area contributed by atoms with Gasteiger partial charge in [-0.1, -0.05) is 18.2 Å². The van der Waals surface area contributed by atoms with Gasteiger partial charge >= 0.3 is 0 Å². The summed E-state index contributed by atoms with van der Waals surface area (Å²) in [6, 6.07) is 8.96.